The average Bonchev–Trinajstić information content (AvgIpc) is 3.72. The Morgan fingerprint density at radius 3 is 1.80 bits per heavy atom. The summed E-state index contributed by atoms with van der Waals surface area (Å²) in [5.74, 6) is 0. The average molecular weight is 772 g/mol. The van der Waals surface area contributed by atoms with E-state index in [9.17, 15) is 0 Å². The first-order valence-corrected chi connectivity index (χ1v) is 20.0. The van der Waals surface area contributed by atoms with Gasteiger partial charge in [0, 0.05) is 33.4 Å². The van der Waals surface area contributed by atoms with Crippen molar-refractivity contribution in [2.45, 2.75) is 0 Å². The molecule has 0 saturated heterocycles. The summed E-state index contributed by atoms with van der Waals surface area (Å²) in [5, 5.41) is 2.36. The molecule has 10 aromatic carbocycles. The molecule has 0 spiro atoms. The van der Waals surface area contributed by atoms with Gasteiger partial charge >= 0.3 is 0 Å². The van der Waals surface area contributed by atoms with Crippen molar-refractivity contribution >= 4 is 49.6 Å². The normalized spacial score (nSPS) is 13.0. The first kappa shape index (κ1) is 28.5. The second-order valence-corrected chi connectivity index (χ2v) is 14.8. The lowest BCUT2D eigenvalue weighted by molar-refractivity contribution is 1.18. The van der Waals surface area contributed by atoms with E-state index < -0.39 is 12.1 Å². The topological polar surface area (TPSA) is 8.17 Å². The van der Waals surface area contributed by atoms with Gasteiger partial charge in [0.2, 0.25) is 0 Å². The predicted octanol–water partition coefficient (Wildman–Crippen LogP) is 16.1. The fourth-order valence-corrected chi connectivity index (χ4v) is 8.54. The maximum Gasteiger partial charge on any atom is 0.0629 e. The van der Waals surface area contributed by atoms with E-state index in [1.165, 1.54) is 10.8 Å². The van der Waals surface area contributed by atoms with Crippen molar-refractivity contribution in [3.63, 3.8) is 0 Å². The first-order chi connectivity index (χ1) is 32.7. The molecule has 0 aliphatic rings. The number of anilines is 3. The van der Waals surface area contributed by atoms with Crippen LogP contribution in [0.4, 0.5) is 17.1 Å². The van der Waals surface area contributed by atoms with Gasteiger partial charge in [-0.25, -0.2) is 0 Å². The molecule has 11 rings (SSSR count). The number of rotatable bonds is 8. The molecule has 1 aromatic heterocycles. The molecule has 0 aliphatic heterocycles. The lowest BCUT2D eigenvalue weighted by atomic mass is 9.95. The number of fused-ring (bicyclic) bond motifs is 4. The summed E-state index contributed by atoms with van der Waals surface area (Å²) in [6.45, 7) is 0. The van der Waals surface area contributed by atoms with Gasteiger partial charge in [0.05, 0.1) is 26.3 Å². The molecular formula is C58H40N2. The van der Waals surface area contributed by atoms with E-state index in [1.54, 1.807) is 0 Å². The maximum atomic E-state index is 8.85. The lowest BCUT2D eigenvalue weighted by Crippen LogP contribution is -2.11. The van der Waals surface area contributed by atoms with Gasteiger partial charge < -0.3 is 9.47 Å². The standard InChI is InChI=1S/C58H40N2/c1-3-16-41(17-4-1)46-20-13-23-49(40-46)59(48-38-36-43(37-39-48)42-32-34-45(35-33-42)51-27-14-19-44-18-7-8-24-50(44)51)55-29-11-9-25-52(55)53-28-15-31-57-58(53)54-26-10-12-30-56(54)60(57)47-21-5-2-6-22-47/h1-40H/i7D,8D,14D,18D,19D,24D,27D. The minimum Gasteiger partial charge on any atom is -0.310 e. The van der Waals surface area contributed by atoms with E-state index in [-0.39, 0.29) is 46.5 Å². The van der Waals surface area contributed by atoms with Crippen molar-refractivity contribution in [1.82, 2.24) is 4.57 Å². The Kier molecular flexibility index (Phi) is 7.16. The van der Waals surface area contributed by atoms with Crippen LogP contribution in [0.2, 0.25) is 0 Å². The van der Waals surface area contributed by atoms with Crippen molar-refractivity contribution in [1.29, 1.82) is 0 Å². The number of hydrogen-bond acceptors (Lipinski definition) is 1. The lowest BCUT2D eigenvalue weighted by Gasteiger charge is -2.28. The van der Waals surface area contributed by atoms with Gasteiger partial charge in [0.25, 0.3) is 0 Å². The van der Waals surface area contributed by atoms with Gasteiger partial charge in [-0.1, -0.05) is 188 Å². The number of hydrogen-bond donors (Lipinski definition) is 0. The molecule has 11 aromatic rings. The smallest absolute Gasteiger partial charge is 0.0629 e. The third-order valence-electron chi connectivity index (χ3n) is 11.3. The molecule has 0 unspecified atom stereocenters. The van der Waals surface area contributed by atoms with Crippen LogP contribution in [0.25, 0.3) is 82.8 Å². The number of para-hydroxylation sites is 3. The molecule has 0 aliphatic carbocycles. The van der Waals surface area contributed by atoms with Crippen LogP contribution in [0.3, 0.4) is 0 Å². The largest absolute Gasteiger partial charge is 0.310 e. The van der Waals surface area contributed by atoms with Crippen LogP contribution in [-0.4, -0.2) is 4.57 Å². The van der Waals surface area contributed by atoms with Crippen molar-refractivity contribution in [2.75, 3.05) is 4.90 Å². The Hall–Kier alpha value is -7.94. The Bertz CT molecular complexity index is 3690. The Morgan fingerprint density at radius 1 is 0.367 bits per heavy atom. The summed E-state index contributed by atoms with van der Waals surface area (Å²) < 4.78 is 62.1. The molecule has 0 atom stereocenters. The third-order valence-corrected chi connectivity index (χ3v) is 11.3. The molecule has 282 valence electrons. The highest BCUT2D eigenvalue weighted by Gasteiger charge is 2.22. The Labute approximate surface area is 360 Å². The van der Waals surface area contributed by atoms with Crippen LogP contribution >= 0.6 is 0 Å². The zero-order valence-corrected chi connectivity index (χ0v) is 32.4. The highest BCUT2D eigenvalue weighted by molar-refractivity contribution is 6.17. The van der Waals surface area contributed by atoms with E-state index in [0.717, 1.165) is 67.2 Å². The van der Waals surface area contributed by atoms with Gasteiger partial charge in [-0.3, -0.25) is 0 Å². The van der Waals surface area contributed by atoms with E-state index in [1.807, 2.05) is 36.4 Å². The molecule has 60 heavy (non-hydrogen) atoms. The highest BCUT2D eigenvalue weighted by Crippen LogP contribution is 2.46. The summed E-state index contributed by atoms with van der Waals surface area (Å²) >= 11 is 0. The second-order valence-electron chi connectivity index (χ2n) is 14.8. The fraction of sp³-hybridized carbons (Fsp3) is 0. The quantitative estimate of drug-likeness (QED) is 0.149. The summed E-state index contributed by atoms with van der Waals surface area (Å²) in [7, 11) is 0. The van der Waals surface area contributed by atoms with Crippen LogP contribution in [0.1, 0.15) is 9.60 Å². The van der Waals surface area contributed by atoms with Gasteiger partial charge in [-0.15, -0.1) is 0 Å². The molecule has 0 radical (unpaired) electrons. The highest BCUT2D eigenvalue weighted by atomic mass is 15.1. The SMILES string of the molecule is [2H]c1c([2H])c([2H])c2c(-c3ccc(-c4ccc(N(c5cccc(-c6ccccc6)c5)c5ccccc5-c5cccc6c5c5ccccc5n6-c5ccccc5)cc4)cc3)c([2H])c([2H])c([2H])c2c1[2H]. The van der Waals surface area contributed by atoms with Crippen LogP contribution in [0.5, 0.6) is 0 Å². The fourth-order valence-electron chi connectivity index (χ4n) is 8.54. The van der Waals surface area contributed by atoms with E-state index in [4.69, 9.17) is 9.60 Å². The number of aromatic nitrogens is 1. The van der Waals surface area contributed by atoms with Crippen LogP contribution in [0.15, 0.2) is 242 Å². The maximum absolute atomic E-state index is 8.85. The van der Waals surface area contributed by atoms with E-state index in [2.05, 4.69) is 173 Å². The first-order valence-electron chi connectivity index (χ1n) is 23.5. The summed E-state index contributed by atoms with van der Waals surface area (Å²) in [6, 6.07) is 66.6. The molecule has 2 heteroatoms. The number of benzene rings is 10. The van der Waals surface area contributed by atoms with Crippen LogP contribution < -0.4 is 4.90 Å². The molecule has 0 fully saturated rings. The molecule has 0 saturated carbocycles. The van der Waals surface area contributed by atoms with E-state index >= 15 is 0 Å². The minimum absolute atomic E-state index is 0.0577. The van der Waals surface area contributed by atoms with Gasteiger partial charge in [0.1, 0.15) is 0 Å². The van der Waals surface area contributed by atoms with Gasteiger partial charge in [0.15, 0.2) is 0 Å². The van der Waals surface area contributed by atoms with Crippen molar-refractivity contribution in [3.05, 3.63) is 242 Å². The zero-order valence-electron chi connectivity index (χ0n) is 39.4. The Morgan fingerprint density at radius 2 is 0.967 bits per heavy atom. The van der Waals surface area contributed by atoms with Gasteiger partial charge in [-0.05, 0) is 104 Å². The summed E-state index contributed by atoms with van der Waals surface area (Å²) in [5.41, 5.74) is 13.3. The molecule has 0 N–H and O–H groups in total. The molecule has 0 bridgehead atoms. The third kappa shape index (κ3) is 6.23. The van der Waals surface area contributed by atoms with Crippen LogP contribution in [-0.2, 0) is 0 Å². The predicted molar refractivity (Wildman–Crippen MR) is 255 cm³/mol. The summed E-state index contributed by atoms with van der Waals surface area (Å²) in [6.07, 6.45) is 0. The second kappa shape index (κ2) is 15.1. The summed E-state index contributed by atoms with van der Waals surface area (Å²) in [4.78, 5) is 2.32. The van der Waals surface area contributed by atoms with Gasteiger partial charge in [-0.2, -0.15) is 0 Å². The van der Waals surface area contributed by atoms with E-state index in [0.29, 0.717) is 5.56 Å². The van der Waals surface area contributed by atoms with Crippen LogP contribution in [0, 0.1) is 0 Å². The Balaban J connectivity index is 1.05. The molecule has 1 heterocycles. The molecule has 0 amide bonds. The van der Waals surface area contributed by atoms with Crippen molar-refractivity contribution in [2.24, 2.45) is 0 Å². The van der Waals surface area contributed by atoms with Crippen molar-refractivity contribution < 1.29 is 9.60 Å². The molecular weight excluding hydrogens is 725 g/mol. The van der Waals surface area contributed by atoms with Crippen molar-refractivity contribution in [3.8, 4) is 50.2 Å². The number of nitrogens with zero attached hydrogens (tertiary/aromatic N) is 2. The molecule has 2 nitrogen and oxygen atoms in total. The zero-order chi connectivity index (χ0) is 45.9. The monoisotopic (exact) mass is 771 g/mol. The minimum atomic E-state index is -0.469.